The Bertz CT molecular complexity index is 1010. The van der Waals surface area contributed by atoms with Crippen molar-refractivity contribution in [2.75, 3.05) is 34.3 Å². The number of aliphatic hydroxyl groups excluding tert-OH is 1. The van der Waals surface area contributed by atoms with Gasteiger partial charge in [0.2, 0.25) is 0 Å². The van der Waals surface area contributed by atoms with Gasteiger partial charge in [-0.1, -0.05) is 31.2 Å². The molecule has 0 unspecified atom stereocenters. The summed E-state index contributed by atoms with van der Waals surface area (Å²) in [6.45, 7) is 4.91. The van der Waals surface area contributed by atoms with Crippen molar-refractivity contribution in [1.82, 2.24) is 9.80 Å². The highest BCUT2D eigenvalue weighted by atomic mass is 16.5. The summed E-state index contributed by atoms with van der Waals surface area (Å²) >= 11 is 0. The van der Waals surface area contributed by atoms with Gasteiger partial charge in [0, 0.05) is 18.7 Å². The molecule has 1 amide bonds. The first-order valence-electron chi connectivity index (χ1n) is 10.5. The van der Waals surface area contributed by atoms with Crippen LogP contribution in [0.15, 0.2) is 48.0 Å². The number of aryl methyl sites for hydroxylation is 2. The number of hydrogen-bond donors (Lipinski definition) is 1. The first-order valence-corrected chi connectivity index (χ1v) is 10.5. The highest BCUT2D eigenvalue weighted by molar-refractivity contribution is 6.46. The second-order valence-electron chi connectivity index (χ2n) is 8.07. The largest absolute Gasteiger partial charge is 0.507 e. The minimum Gasteiger partial charge on any atom is -0.507 e. The number of ether oxygens (including phenoxy) is 1. The molecule has 1 N–H and O–H groups in total. The van der Waals surface area contributed by atoms with Gasteiger partial charge in [0.15, 0.2) is 0 Å². The molecule has 6 nitrogen and oxygen atoms in total. The van der Waals surface area contributed by atoms with Gasteiger partial charge in [0.25, 0.3) is 11.7 Å². The Labute approximate surface area is 183 Å². The molecule has 0 bridgehead atoms. The number of nitrogens with zero attached hydrogens (tertiary/aromatic N) is 2. The maximum atomic E-state index is 13.1. The van der Waals surface area contributed by atoms with Gasteiger partial charge in [-0.25, -0.2) is 0 Å². The van der Waals surface area contributed by atoms with Gasteiger partial charge in [0.1, 0.15) is 11.5 Å². The summed E-state index contributed by atoms with van der Waals surface area (Å²) in [4.78, 5) is 29.5. The molecule has 2 aromatic carbocycles. The number of benzene rings is 2. The van der Waals surface area contributed by atoms with Crippen molar-refractivity contribution in [3.63, 3.8) is 0 Å². The van der Waals surface area contributed by atoms with E-state index in [1.165, 1.54) is 5.56 Å². The third-order valence-corrected chi connectivity index (χ3v) is 5.72. The molecule has 1 atom stereocenters. The molecule has 1 aliphatic rings. The van der Waals surface area contributed by atoms with Crippen LogP contribution in [0.3, 0.4) is 0 Å². The van der Waals surface area contributed by atoms with Crippen LogP contribution >= 0.6 is 0 Å². The number of hydrogen-bond acceptors (Lipinski definition) is 5. The van der Waals surface area contributed by atoms with Crippen molar-refractivity contribution in [3.05, 3.63) is 70.3 Å². The van der Waals surface area contributed by atoms with Gasteiger partial charge in [-0.05, 0) is 62.3 Å². The van der Waals surface area contributed by atoms with Crippen molar-refractivity contribution in [2.45, 2.75) is 26.3 Å². The minimum atomic E-state index is -0.656. The number of rotatable bonds is 7. The lowest BCUT2D eigenvalue weighted by molar-refractivity contribution is -0.140. The molecule has 0 radical (unpaired) electrons. The Hall–Kier alpha value is -3.12. The standard InChI is InChI=1S/C25H30N2O4/c1-6-17-7-9-18(10-8-17)22-21(24(29)25(30)27(22)14-13-26(3)4)23(28)20-12-11-19(31-5)15-16(20)2/h7-12,15,22,28H,6,13-14H2,1-5H3/t22-/m0/s1. The number of carbonyl (C=O) groups is 2. The molecular weight excluding hydrogens is 392 g/mol. The summed E-state index contributed by atoms with van der Waals surface area (Å²) < 4.78 is 5.25. The number of likely N-dealkylation sites (tertiary alicyclic amines) is 1. The van der Waals surface area contributed by atoms with Gasteiger partial charge in [0.05, 0.1) is 18.7 Å². The van der Waals surface area contributed by atoms with Gasteiger partial charge >= 0.3 is 0 Å². The van der Waals surface area contributed by atoms with E-state index in [9.17, 15) is 14.7 Å². The fourth-order valence-corrected chi connectivity index (χ4v) is 3.87. The molecule has 0 spiro atoms. The molecule has 0 aliphatic carbocycles. The maximum Gasteiger partial charge on any atom is 0.295 e. The number of ketones is 1. The summed E-state index contributed by atoms with van der Waals surface area (Å²) in [6.07, 6.45) is 0.895. The fourth-order valence-electron chi connectivity index (χ4n) is 3.87. The lowest BCUT2D eigenvalue weighted by atomic mass is 9.93. The summed E-state index contributed by atoms with van der Waals surface area (Å²) in [6, 6.07) is 12.5. The Morgan fingerprint density at radius 2 is 1.81 bits per heavy atom. The normalized spacial score (nSPS) is 18.1. The van der Waals surface area contributed by atoms with E-state index in [2.05, 4.69) is 6.92 Å². The summed E-state index contributed by atoms with van der Waals surface area (Å²) in [7, 11) is 5.41. The smallest absolute Gasteiger partial charge is 0.295 e. The van der Waals surface area contributed by atoms with Crippen LogP contribution in [-0.2, 0) is 16.0 Å². The Morgan fingerprint density at radius 1 is 1.13 bits per heavy atom. The lowest BCUT2D eigenvalue weighted by Crippen LogP contribution is -2.35. The average Bonchev–Trinajstić information content (AvgIpc) is 3.01. The number of likely N-dealkylation sites (N-methyl/N-ethyl adjacent to an activating group) is 1. The first-order chi connectivity index (χ1) is 14.8. The third-order valence-electron chi connectivity index (χ3n) is 5.72. The van der Waals surface area contributed by atoms with Crippen LogP contribution in [0.4, 0.5) is 0 Å². The zero-order valence-electron chi connectivity index (χ0n) is 18.8. The lowest BCUT2D eigenvalue weighted by Gasteiger charge is -2.26. The predicted octanol–water partition coefficient (Wildman–Crippen LogP) is 3.55. The predicted molar refractivity (Wildman–Crippen MR) is 121 cm³/mol. The summed E-state index contributed by atoms with van der Waals surface area (Å²) in [5.74, 6) is -0.738. The highest BCUT2D eigenvalue weighted by Crippen LogP contribution is 2.40. The molecule has 0 saturated carbocycles. The van der Waals surface area contributed by atoms with Crippen LogP contribution in [0.25, 0.3) is 5.76 Å². The molecule has 164 valence electrons. The van der Waals surface area contributed by atoms with Crippen molar-refractivity contribution in [2.24, 2.45) is 0 Å². The van der Waals surface area contributed by atoms with Crippen LogP contribution in [0, 0.1) is 6.92 Å². The summed E-state index contributed by atoms with van der Waals surface area (Å²) in [5, 5.41) is 11.2. The minimum absolute atomic E-state index is 0.126. The summed E-state index contributed by atoms with van der Waals surface area (Å²) in [5.41, 5.74) is 3.38. The van der Waals surface area contributed by atoms with E-state index in [-0.39, 0.29) is 11.3 Å². The zero-order valence-corrected chi connectivity index (χ0v) is 18.8. The third kappa shape index (κ3) is 4.49. The number of methoxy groups -OCH3 is 1. The molecule has 2 aromatic rings. The van der Waals surface area contributed by atoms with Gasteiger partial charge < -0.3 is 19.6 Å². The van der Waals surface area contributed by atoms with E-state index >= 15 is 0 Å². The van der Waals surface area contributed by atoms with Crippen molar-refractivity contribution >= 4 is 17.4 Å². The van der Waals surface area contributed by atoms with E-state index in [0.717, 1.165) is 17.5 Å². The van der Waals surface area contributed by atoms with Gasteiger partial charge in [-0.3, -0.25) is 9.59 Å². The SMILES string of the molecule is CCc1ccc([C@H]2C(=C(O)c3ccc(OC)cc3C)C(=O)C(=O)N2CCN(C)C)cc1. The van der Waals surface area contributed by atoms with E-state index in [1.807, 2.05) is 50.2 Å². The highest BCUT2D eigenvalue weighted by Gasteiger charge is 2.46. The van der Waals surface area contributed by atoms with Crippen molar-refractivity contribution in [1.29, 1.82) is 0 Å². The second kappa shape index (κ2) is 9.35. The zero-order chi connectivity index (χ0) is 22.7. The topological polar surface area (TPSA) is 70.1 Å². The molecule has 3 rings (SSSR count). The molecule has 1 fully saturated rings. The van der Waals surface area contributed by atoms with Crippen molar-refractivity contribution in [3.8, 4) is 5.75 Å². The van der Waals surface area contributed by atoms with E-state index in [1.54, 1.807) is 30.2 Å². The van der Waals surface area contributed by atoms with Crippen molar-refractivity contribution < 1.29 is 19.4 Å². The molecule has 1 heterocycles. The Morgan fingerprint density at radius 3 is 2.35 bits per heavy atom. The average molecular weight is 423 g/mol. The number of amides is 1. The fraction of sp³-hybridized carbons (Fsp3) is 0.360. The van der Waals surface area contributed by atoms with E-state index in [0.29, 0.717) is 24.4 Å². The van der Waals surface area contributed by atoms with Crippen LogP contribution in [0.5, 0.6) is 5.75 Å². The number of Topliss-reactive ketones (excluding diaryl/α,β-unsaturated/α-hetero) is 1. The maximum absolute atomic E-state index is 13.1. The molecule has 6 heteroatoms. The first kappa shape index (κ1) is 22.6. The Balaban J connectivity index is 2.15. The van der Waals surface area contributed by atoms with Crippen LogP contribution < -0.4 is 4.74 Å². The molecule has 1 aliphatic heterocycles. The number of carbonyl (C=O) groups excluding carboxylic acids is 2. The Kier molecular flexibility index (Phi) is 6.81. The van der Waals surface area contributed by atoms with Crippen LogP contribution in [0.1, 0.15) is 35.2 Å². The molecule has 31 heavy (non-hydrogen) atoms. The molecule has 1 saturated heterocycles. The van der Waals surface area contributed by atoms with Crippen LogP contribution in [-0.4, -0.2) is 60.9 Å². The second-order valence-corrected chi connectivity index (χ2v) is 8.07. The molecular formula is C25H30N2O4. The van der Waals surface area contributed by atoms with Gasteiger partial charge in [-0.15, -0.1) is 0 Å². The monoisotopic (exact) mass is 422 g/mol. The van der Waals surface area contributed by atoms with Crippen LogP contribution in [0.2, 0.25) is 0 Å². The quantitative estimate of drug-likeness (QED) is 0.420. The number of aliphatic hydroxyl groups is 1. The molecule has 0 aromatic heterocycles. The van der Waals surface area contributed by atoms with E-state index < -0.39 is 17.7 Å². The van der Waals surface area contributed by atoms with Gasteiger partial charge in [-0.2, -0.15) is 0 Å². The van der Waals surface area contributed by atoms with E-state index in [4.69, 9.17) is 4.74 Å².